The van der Waals surface area contributed by atoms with Gasteiger partial charge in [-0.2, -0.15) is 0 Å². The van der Waals surface area contributed by atoms with Gasteiger partial charge in [0.2, 0.25) is 0 Å². The molecule has 1 unspecified atom stereocenters. The van der Waals surface area contributed by atoms with Crippen LogP contribution in [-0.4, -0.2) is 25.2 Å². The summed E-state index contributed by atoms with van der Waals surface area (Å²) in [5.41, 5.74) is 1.70. The molecule has 5 heteroatoms. The molecule has 1 aromatic carbocycles. The minimum Gasteiger partial charge on any atom is -0.493 e. The van der Waals surface area contributed by atoms with Crippen LogP contribution >= 0.6 is 0 Å². The molecule has 4 aliphatic carbocycles. The topological polar surface area (TPSA) is 61.8 Å². The normalized spacial score (nSPS) is 35.5. The average molecular weight is 607 g/mol. The highest BCUT2D eigenvalue weighted by atomic mass is 16.6. The summed E-state index contributed by atoms with van der Waals surface area (Å²) in [5.74, 6) is 5.96. The summed E-state index contributed by atoms with van der Waals surface area (Å²) in [6.07, 6.45) is 18.9. The Hall–Kier alpha value is -2.30. The lowest BCUT2D eigenvalue weighted by Crippen LogP contribution is -2.54. The first-order valence-corrected chi connectivity index (χ1v) is 17.7. The third kappa shape index (κ3) is 6.77. The molecule has 0 bridgehead atoms. The number of benzene rings is 1. The van der Waals surface area contributed by atoms with Crippen LogP contribution in [0.1, 0.15) is 124 Å². The van der Waals surface area contributed by atoms with Gasteiger partial charge in [0.05, 0.1) is 7.11 Å². The smallest absolute Gasteiger partial charge is 0.331 e. The maximum atomic E-state index is 12.9. The number of ether oxygens (including phenoxy) is 3. The van der Waals surface area contributed by atoms with Gasteiger partial charge in [-0.25, -0.2) is 4.79 Å². The van der Waals surface area contributed by atoms with Gasteiger partial charge in [-0.3, -0.25) is 4.79 Å². The van der Waals surface area contributed by atoms with Gasteiger partial charge >= 0.3 is 11.9 Å². The Balaban J connectivity index is 1.16. The van der Waals surface area contributed by atoms with E-state index in [9.17, 15) is 9.59 Å². The largest absolute Gasteiger partial charge is 0.493 e. The molecular formula is C39H58O5. The van der Waals surface area contributed by atoms with Crippen molar-refractivity contribution >= 4 is 18.0 Å². The second-order valence-corrected chi connectivity index (χ2v) is 15.9. The Morgan fingerprint density at radius 2 is 1.68 bits per heavy atom. The molecular weight excluding hydrogens is 548 g/mol. The number of methoxy groups -OCH3 is 1. The Bertz CT molecular complexity index is 1200. The molecule has 0 radical (unpaired) electrons. The fourth-order valence-electron chi connectivity index (χ4n) is 10.7. The quantitative estimate of drug-likeness (QED) is 0.151. The van der Waals surface area contributed by atoms with Gasteiger partial charge in [-0.15, -0.1) is 0 Å². The van der Waals surface area contributed by atoms with E-state index >= 15 is 0 Å². The Kier molecular flexibility index (Phi) is 10.2. The summed E-state index contributed by atoms with van der Waals surface area (Å²) in [6, 6.07) is 5.23. The maximum Gasteiger partial charge on any atom is 0.331 e. The standard InChI is InChI=1S/C39H58O5/c1-25(2)9-8-10-26(3)32-15-16-33-31-14-13-29-24-30(19-21-38(29,5)34(31)20-22-39(32,33)6)44-37(41)18-12-28-11-17-35(43-27(4)40)36(23-28)42-7/h11-12,17-18,23,25-26,29-34H,8-10,13-16,19-22,24H2,1-7H3/b18-12+/t26-,29?,30+,31+,32-,33+,34+,38+,39-/m1/s1. The van der Waals surface area contributed by atoms with E-state index in [1.807, 2.05) is 0 Å². The first-order chi connectivity index (χ1) is 20.9. The number of rotatable bonds is 10. The minimum atomic E-state index is -0.404. The molecule has 44 heavy (non-hydrogen) atoms. The fraction of sp³-hybridized carbons (Fsp3) is 0.744. The van der Waals surface area contributed by atoms with Crippen molar-refractivity contribution in [2.24, 2.45) is 52.3 Å². The molecule has 0 aromatic heterocycles. The van der Waals surface area contributed by atoms with Crippen molar-refractivity contribution in [1.29, 1.82) is 0 Å². The van der Waals surface area contributed by atoms with Gasteiger partial charge < -0.3 is 14.2 Å². The summed E-state index contributed by atoms with van der Waals surface area (Å²) in [4.78, 5) is 24.2. The zero-order chi connectivity index (χ0) is 31.6. The monoisotopic (exact) mass is 606 g/mol. The number of hydrogen-bond acceptors (Lipinski definition) is 5. The zero-order valence-corrected chi connectivity index (χ0v) is 28.5. The first-order valence-electron chi connectivity index (χ1n) is 17.7. The number of fused-ring (bicyclic) bond motifs is 5. The summed E-state index contributed by atoms with van der Waals surface area (Å²) in [6.45, 7) is 13.9. The molecule has 4 saturated carbocycles. The molecule has 0 heterocycles. The highest BCUT2D eigenvalue weighted by molar-refractivity contribution is 5.87. The predicted octanol–water partition coefficient (Wildman–Crippen LogP) is 9.67. The number of carbonyl (C=O) groups excluding carboxylic acids is 2. The fourth-order valence-corrected chi connectivity index (χ4v) is 10.7. The summed E-state index contributed by atoms with van der Waals surface area (Å²) in [5, 5.41) is 0. The molecule has 0 aliphatic heterocycles. The molecule has 0 saturated heterocycles. The molecule has 1 aromatic rings. The molecule has 0 amide bonds. The second kappa shape index (κ2) is 13.6. The molecule has 5 nitrogen and oxygen atoms in total. The van der Waals surface area contributed by atoms with E-state index in [4.69, 9.17) is 14.2 Å². The van der Waals surface area contributed by atoms with Crippen LogP contribution in [0.15, 0.2) is 24.3 Å². The van der Waals surface area contributed by atoms with Crippen LogP contribution in [0.4, 0.5) is 0 Å². The lowest BCUT2D eigenvalue weighted by Gasteiger charge is -2.61. The van der Waals surface area contributed by atoms with Gasteiger partial charge in [0.25, 0.3) is 0 Å². The highest BCUT2D eigenvalue weighted by Gasteiger charge is 2.60. The lowest BCUT2D eigenvalue weighted by molar-refractivity contribution is -0.157. The summed E-state index contributed by atoms with van der Waals surface area (Å²) < 4.78 is 16.6. The van der Waals surface area contributed by atoms with Gasteiger partial charge in [-0.05, 0) is 134 Å². The van der Waals surface area contributed by atoms with Crippen LogP contribution in [0, 0.1) is 52.3 Å². The van der Waals surface area contributed by atoms with Crippen LogP contribution in [0.3, 0.4) is 0 Å². The van der Waals surface area contributed by atoms with Crippen LogP contribution in [0.2, 0.25) is 0 Å². The van der Waals surface area contributed by atoms with E-state index in [2.05, 4.69) is 34.6 Å². The molecule has 244 valence electrons. The average Bonchev–Trinajstić information content (AvgIpc) is 3.33. The van der Waals surface area contributed by atoms with Crippen molar-refractivity contribution in [2.45, 2.75) is 125 Å². The van der Waals surface area contributed by atoms with Gasteiger partial charge in [0.15, 0.2) is 11.5 Å². The molecule has 5 rings (SSSR count). The summed E-state index contributed by atoms with van der Waals surface area (Å²) in [7, 11) is 1.53. The van der Waals surface area contributed by atoms with E-state index in [0.717, 1.165) is 53.9 Å². The Morgan fingerprint density at radius 3 is 2.41 bits per heavy atom. The van der Waals surface area contributed by atoms with Crippen molar-refractivity contribution in [3.8, 4) is 11.5 Å². The van der Waals surface area contributed by atoms with E-state index < -0.39 is 5.97 Å². The van der Waals surface area contributed by atoms with Crippen molar-refractivity contribution in [2.75, 3.05) is 7.11 Å². The Morgan fingerprint density at radius 1 is 0.932 bits per heavy atom. The third-order valence-corrected chi connectivity index (χ3v) is 13.0. The van der Waals surface area contributed by atoms with E-state index in [1.165, 1.54) is 84.3 Å². The number of hydrogen-bond donors (Lipinski definition) is 0. The van der Waals surface area contributed by atoms with Crippen molar-refractivity contribution < 1.29 is 23.8 Å². The third-order valence-electron chi connectivity index (χ3n) is 13.0. The predicted molar refractivity (Wildman–Crippen MR) is 176 cm³/mol. The second-order valence-electron chi connectivity index (χ2n) is 15.9. The maximum absolute atomic E-state index is 12.9. The van der Waals surface area contributed by atoms with Crippen LogP contribution in [0.25, 0.3) is 6.08 Å². The number of esters is 2. The first kappa shape index (κ1) is 33.1. The van der Waals surface area contributed by atoms with Crippen molar-refractivity contribution in [3.63, 3.8) is 0 Å². The molecule has 4 aliphatic rings. The summed E-state index contributed by atoms with van der Waals surface area (Å²) >= 11 is 0. The zero-order valence-electron chi connectivity index (χ0n) is 28.5. The SMILES string of the molecule is COc1cc(/C=C/C(=O)O[C@H]2CC[C@@]3(C)C(CC[C@H]4[C@@H]5CC[C@H]([C@H](C)CCCC(C)C)[C@@]5(C)CC[C@@H]43)C2)ccc1OC(C)=O. The molecule has 4 fully saturated rings. The highest BCUT2D eigenvalue weighted by Crippen LogP contribution is 2.68. The van der Waals surface area contributed by atoms with Gasteiger partial charge in [0, 0.05) is 13.0 Å². The molecule has 0 spiro atoms. The van der Waals surface area contributed by atoms with Crippen LogP contribution in [-0.2, 0) is 14.3 Å². The molecule has 0 N–H and O–H groups in total. The van der Waals surface area contributed by atoms with Crippen molar-refractivity contribution in [3.05, 3.63) is 29.8 Å². The van der Waals surface area contributed by atoms with E-state index in [0.29, 0.717) is 28.2 Å². The van der Waals surface area contributed by atoms with Crippen molar-refractivity contribution in [1.82, 2.24) is 0 Å². The van der Waals surface area contributed by atoms with Crippen LogP contribution < -0.4 is 9.47 Å². The number of carbonyl (C=O) groups is 2. The lowest BCUT2D eigenvalue weighted by atomic mass is 9.44. The van der Waals surface area contributed by atoms with Crippen LogP contribution in [0.5, 0.6) is 11.5 Å². The van der Waals surface area contributed by atoms with Gasteiger partial charge in [-0.1, -0.05) is 59.9 Å². The van der Waals surface area contributed by atoms with Gasteiger partial charge in [0.1, 0.15) is 6.10 Å². The minimum absolute atomic E-state index is 0.000871. The van der Waals surface area contributed by atoms with E-state index in [-0.39, 0.29) is 12.1 Å². The van der Waals surface area contributed by atoms with E-state index in [1.54, 1.807) is 24.3 Å². The molecule has 9 atom stereocenters. The Labute approximate surface area is 266 Å².